The second kappa shape index (κ2) is 5.22. The summed E-state index contributed by atoms with van der Waals surface area (Å²) in [5.41, 5.74) is 8.47. The Labute approximate surface area is 121 Å². The molecule has 0 aliphatic heterocycles. The first-order valence-electron chi connectivity index (χ1n) is 6.10. The number of hydrogen-bond acceptors (Lipinski definition) is 3. The van der Waals surface area contributed by atoms with E-state index in [4.69, 9.17) is 18.0 Å². The van der Waals surface area contributed by atoms with Gasteiger partial charge in [0.1, 0.15) is 4.99 Å². The molecule has 5 heteroatoms. The Kier molecular flexibility index (Phi) is 3.26. The molecule has 0 aliphatic rings. The van der Waals surface area contributed by atoms with Gasteiger partial charge in [-0.25, -0.2) is 9.67 Å². The third-order valence-corrected chi connectivity index (χ3v) is 3.19. The summed E-state index contributed by atoms with van der Waals surface area (Å²) in [6.45, 7) is 0. The lowest BCUT2D eigenvalue weighted by Crippen LogP contribution is -2.10. The third kappa shape index (κ3) is 2.44. The minimum absolute atomic E-state index is 0.342. The van der Waals surface area contributed by atoms with Gasteiger partial charge in [0.25, 0.3) is 0 Å². The molecule has 0 bridgehead atoms. The molecular weight excluding hydrogens is 268 g/mol. The molecule has 0 spiro atoms. The van der Waals surface area contributed by atoms with E-state index in [0.29, 0.717) is 4.99 Å². The number of pyridine rings is 1. The molecule has 3 rings (SSSR count). The molecule has 2 aromatic heterocycles. The molecule has 2 heterocycles. The zero-order chi connectivity index (χ0) is 13.9. The van der Waals surface area contributed by atoms with Crippen LogP contribution in [0.15, 0.2) is 61.1 Å². The largest absolute Gasteiger partial charge is 0.389 e. The van der Waals surface area contributed by atoms with Crippen LogP contribution < -0.4 is 5.73 Å². The van der Waals surface area contributed by atoms with Crippen LogP contribution in [-0.2, 0) is 0 Å². The van der Waals surface area contributed by atoms with E-state index >= 15 is 0 Å². The molecule has 0 amide bonds. The quantitative estimate of drug-likeness (QED) is 0.749. The highest BCUT2D eigenvalue weighted by Gasteiger charge is 2.04. The van der Waals surface area contributed by atoms with Crippen LogP contribution in [0, 0.1) is 0 Å². The molecule has 20 heavy (non-hydrogen) atoms. The van der Waals surface area contributed by atoms with E-state index in [1.807, 2.05) is 54.9 Å². The molecular formula is C15H12N4S. The fourth-order valence-corrected chi connectivity index (χ4v) is 2.02. The molecule has 98 valence electrons. The maximum absolute atomic E-state index is 5.55. The second-order valence-electron chi connectivity index (χ2n) is 4.31. The van der Waals surface area contributed by atoms with Gasteiger partial charge >= 0.3 is 0 Å². The summed E-state index contributed by atoms with van der Waals surface area (Å²) < 4.78 is 1.73. The van der Waals surface area contributed by atoms with Gasteiger partial charge in [-0.15, -0.1) is 0 Å². The van der Waals surface area contributed by atoms with Crippen LogP contribution in [0.25, 0.3) is 16.9 Å². The molecule has 0 fully saturated rings. The Morgan fingerprint density at radius 3 is 2.45 bits per heavy atom. The molecule has 0 unspecified atom stereocenters. The van der Waals surface area contributed by atoms with Gasteiger partial charge in [0, 0.05) is 23.5 Å². The maximum atomic E-state index is 5.55. The smallest absolute Gasteiger partial charge is 0.153 e. The molecule has 0 aliphatic carbocycles. The third-order valence-electron chi connectivity index (χ3n) is 2.96. The van der Waals surface area contributed by atoms with Crippen molar-refractivity contribution in [2.45, 2.75) is 0 Å². The predicted molar refractivity (Wildman–Crippen MR) is 82.7 cm³/mol. The Morgan fingerprint density at radius 1 is 1.00 bits per heavy atom. The van der Waals surface area contributed by atoms with Crippen LogP contribution >= 0.6 is 12.2 Å². The highest BCUT2D eigenvalue weighted by atomic mass is 32.1. The Bertz CT molecular complexity index is 732. The van der Waals surface area contributed by atoms with Gasteiger partial charge in [0.2, 0.25) is 0 Å². The topological polar surface area (TPSA) is 56.7 Å². The van der Waals surface area contributed by atoms with Crippen LogP contribution in [0.1, 0.15) is 5.56 Å². The first kappa shape index (κ1) is 12.5. The van der Waals surface area contributed by atoms with Crippen LogP contribution in [0.4, 0.5) is 0 Å². The van der Waals surface area contributed by atoms with Crippen LogP contribution in [0.2, 0.25) is 0 Å². The zero-order valence-corrected chi connectivity index (χ0v) is 11.4. The molecule has 0 saturated carbocycles. The summed E-state index contributed by atoms with van der Waals surface area (Å²) in [5, 5.41) is 4.33. The minimum Gasteiger partial charge on any atom is -0.389 e. The lowest BCUT2D eigenvalue weighted by Gasteiger charge is -2.01. The fourth-order valence-electron chi connectivity index (χ4n) is 1.90. The van der Waals surface area contributed by atoms with Gasteiger partial charge in [-0.3, -0.25) is 0 Å². The van der Waals surface area contributed by atoms with Crippen molar-refractivity contribution >= 4 is 17.2 Å². The van der Waals surface area contributed by atoms with Crippen LogP contribution in [-0.4, -0.2) is 19.8 Å². The summed E-state index contributed by atoms with van der Waals surface area (Å²) in [4.78, 5) is 4.65. The normalized spacial score (nSPS) is 10.4. The lowest BCUT2D eigenvalue weighted by molar-refractivity contribution is 0.847. The number of rotatable bonds is 3. The van der Waals surface area contributed by atoms with Gasteiger partial charge in [0.15, 0.2) is 5.82 Å². The molecule has 0 radical (unpaired) electrons. The Balaban J connectivity index is 1.92. The van der Waals surface area contributed by atoms with Gasteiger partial charge in [-0.1, -0.05) is 42.5 Å². The first-order chi connectivity index (χ1) is 9.74. The Hall–Kier alpha value is -2.53. The van der Waals surface area contributed by atoms with Crippen LogP contribution in [0.5, 0.6) is 0 Å². The van der Waals surface area contributed by atoms with Crippen molar-refractivity contribution in [2.24, 2.45) is 5.73 Å². The molecule has 3 aromatic rings. The number of hydrogen-bond donors (Lipinski definition) is 1. The standard InChI is InChI=1S/C15H12N4S/c16-15(20)12-6-7-14(17-8-12)19-10-13(9-18-19)11-4-2-1-3-5-11/h1-10H,(H2,16,20). The van der Waals surface area contributed by atoms with Crippen molar-refractivity contribution in [1.29, 1.82) is 0 Å². The van der Waals surface area contributed by atoms with Crippen molar-refractivity contribution < 1.29 is 0 Å². The maximum Gasteiger partial charge on any atom is 0.153 e. The summed E-state index contributed by atoms with van der Waals surface area (Å²) in [6, 6.07) is 13.8. The lowest BCUT2D eigenvalue weighted by atomic mass is 10.1. The molecule has 4 nitrogen and oxygen atoms in total. The summed E-state index contributed by atoms with van der Waals surface area (Å²) >= 11 is 4.91. The van der Waals surface area contributed by atoms with Crippen molar-refractivity contribution in [2.75, 3.05) is 0 Å². The predicted octanol–water partition coefficient (Wildman–Crippen LogP) is 2.57. The van der Waals surface area contributed by atoms with Crippen molar-refractivity contribution in [1.82, 2.24) is 14.8 Å². The fraction of sp³-hybridized carbons (Fsp3) is 0. The highest BCUT2D eigenvalue weighted by Crippen LogP contribution is 2.19. The second-order valence-corrected chi connectivity index (χ2v) is 4.75. The average Bonchev–Trinajstić information content (AvgIpc) is 2.98. The monoisotopic (exact) mass is 280 g/mol. The number of nitrogens with two attached hydrogens (primary N) is 1. The molecule has 1 aromatic carbocycles. The molecule has 0 saturated heterocycles. The van der Waals surface area contributed by atoms with Crippen molar-refractivity contribution in [3.05, 3.63) is 66.6 Å². The zero-order valence-electron chi connectivity index (χ0n) is 10.6. The summed E-state index contributed by atoms with van der Waals surface area (Å²) in [5.74, 6) is 0.729. The van der Waals surface area contributed by atoms with Gasteiger partial charge < -0.3 is 5.73 Å². The van der Waals surface area contributed by atoms with E-state index in [1.54, 1.807) is 10.9 Å². The van der Waals surface area contributed by atoms with E-state index in [1.165, 1.54) is 0 Å². The minimum atomic E-state index is 0.342. The van der Waals surface area contributed by atoms with Crippen molar-refractivity contribution in [3.63, 3.8) is 0 Å². The molecule has 0 atom stereocenters. The summed E-state index contributed by atoms with van der Waals surface area (Å²) in [7, 11) is 0. The van der Waals surface area contributed by atoms with Crippen molar-refractivity contribution in [3.8, 4) is 16.9 Å². The highest BCUT2D eigenvalue weighted by molar-refractivity contribution is 7.80. The average molecular weight is 280 g/mol. The SMILES string of the molecule is NC(=S)c1ccc(-n2cc(-c3ccccc3)cn2)nc1. The number of nitrogens with zero attached hydrogens (tertiary/aromatic N) is 3. The van der Waals surface area contributed by atoms with Gasteiger partial charge in [0.05, 0.1) is 6.20 Å². The van der Waals surface area contributed by atoms with E-state index in [0.717, 1.165) is 22.5 Å². The first-order valence-corrected chi connectivity index (χ1v) is 6.51. The number of aromatic nitrogens is 3. The van der Waals surface area contributed by atoms with Gasteiger partial charge in [-0.2, -0.15) is 5.10 Å². The van der Waals surface area contributed by atoms with E-state index in [2.05, 4.69) is 10.1 Å². The molecule has 2 N–H and O–H groups in total. The van der Waals surface area contributed by atoms with Gasteiger partial charge in [-0.05, 0) is 17.7 Å². The number of thiocarbonyl (C=S) groups is 1. The van der Waals surface area contributed by atoms with E-state index in [9.17, 15) is 0 Å². The Morgan fingerprint density at radius 2 is 1.80 bits per heavy atom. The summed E-state index contributed by atoms with van der Waals surface area (Å²) in [6.07, 6.45) is 5.41. The van der Waals surface area contributed by atoms with E-state index in [-0.39, 0.29) is 0 Å². The van der Waals surface area contributed by atoms with E-state index < -0.39 is 0 Å². The number of benzene rings is 1. The van der Waals surface area contributed by atoms with Crippen LogP contribution in [0.3, 0.4) is 0 Å².